The van der Waals surface area contributed by atoms with Crippen LogP contribution in [0, 0.1) is 6.92 Å². The first-order valence-electron chi connectivity index (χ1n) is 5.25. The van der Waals surface area contributed by atoms with Crippen molar-refractivity contribution < 1.29 is 4.74 Å². The average molecular weight is 303 g/mol. The number of nitrogens with zero attached hydrogens (tertiary/aromatic N) is 1. The van der Waals surface area contributed by atoms with Crippen LogP contribution in [-0.4, -0.2) is 4.98 Å². The molecule has 0 aliphatic carbocycles. The van der Waals surface area contributed by atoms with Crippen LogP contribution in [0.3, 0.4) is 0 Å². The zero-order chi connectivity index (χ0) is 13.1. The van der Waals surface area contributed by atoms with Crippen molar-refractivity contribution in [1.82, 2.24) is 4.98 Å². The lowest BCUT2D eigenvalue weighted by Gasteiger charge is -2.10. The largest absolute Gasteiger partial charge is 0.489 e. The quantitative estimate of drug-likeness (QED) is 0.750. The molecular formula is C13H10Cl3NO. The molecule has 0 atom stereocenters. The van der Waals surface area contributed by atoms with Crippen LogP contribution in [-0.2, 0) is 6.61 Å². The molecule has 0 fully saturated rings. The topological polar surface area (TPSA) is 22.1 Å². The normalized spacial score (nSPS) is 10.4. The molecule has 1 aromatic heterocycles. The third-order valence-electron chi connectivity index (χ3n) is 2.42. The van der Waals surface area contributed by atoms with E-state index in [9.17, 15) is 0 Å². The second-order valence-corrected chi connectivity index (χ2v) is 5.03. The molecule has 0 aliphatic heterocycles. The predicted octanol–water partition coefficient (Wildman–Crippen LogP) is 4.93. The molecule has 2 aromatic rings. The fourth-order valence-electron chi connectivity index (χ4n) is 1.47. The van der Waals surface area contributed by atoms with Gasteiger partial charge in [-0.2, -0.15) is 0 Å². The van der Waals surface area contributed by atoms with Crippen LogP contribution in [0.4, 0.5) is 0 Å². The van der Waals surface area contributed by atoms with E-state index in [1.165, 1.54) is 0 Å². The standard InChI is InChI=1S/C13H10Cl3NO/c1-8-4-10(14)2-3-12(8)18-7-9-6-17-13(16)5-11(9)15/h2-6H,7H2,1H3. The van der Waals surface area contributed by atoms with Gasteiger partial charge in [0.2, 0.25) is 0 Å². The lowest BCUT2D eigenvalue weighted by Crippen LogP contribution is -1.98. The maximum atomic E-state index is 6.04. The minimum Gasteiger partial charge on any atom is -0.489 e. The van der Waals surface area contributed by atoms with Gasteiger partial charge in [0.05, 0.1) is 5.02 Å². The van der Waals surface area contributed by atoms with Gasteiger partial charge in [0.1, 0.15) is 17.5 Å². The Bertz CT molecular complexity index is 521. The number of rotatable bonds is 3. The van der Waals surface area contributed by atoms with E-state index < -0.39 is 0 Å². The van der Waals surface area contributed by atoms with Crippen LogP contribution in [0.15, 0.2) is 30.5 Å². The average Bonchev–Trinajstić information content (AvgIpc) is 2.30. The van der Waals surface area contributed by atoms with Gasteiger partial charge >= 0.3 is 0 Å². The summed E-state index contributed by atoms with van der Waals surface area (Å²) in [5.74, 6) is 0.769. The van der Waals surface area contributed by atoms with E-state index in [4.69, 9.17) is 39.5 Å². The Balaban J connectivity index is 2.11. The van der Waals surface area contributed by atoms with Crippen molar-refractivity contribution in [3.63, 3.8) is 0 Å². The lowest BCUT2D eigenvalue weighted by atomic mass is 10.2. The summed E-state index contributed by atoms with van der Waals surface area (Å²) in [6.45, 7) is 2.27. The van der Waals surface area contributed by atoms with Crippen molar-refractivity contribution in [1.29, 1.82) is 0 Å². The van der Waals surface area contributed by atoms with Gasteiger partial charge < -0.3 is 4.74 Å². The third kappa shape index (κ3) is 3.29. The Morgan fingerprint density at radius 3 is 2.61 bits per heavy atom. The molecule has 0 bridgehead atoms. The summed E-state index contributed by atoms with van der Waals surface area (Å²) in [6, 6.07) is 7.05. The Morgan fingerprint density at radius 1 is 1.17 bits per heavy atom. The molecular weight excluding hydrogens is 293 g/mol. The SMILES string of the molecule is Cc1cc(Cl)ccc1OCc1cnc(Cl)cc1Cl. The van der Waals surface area contributed by atoms with Crippen molar-refractivity contribution in [2.24, 2.45) is 0 Å². The third-order valence-corrected chi connectivity index (χ3v) is 3.21. The second kappa shape index (κ2) is 5.79. The Morgan fingerprint density at radius 2 is 1.94 bits per heavy atom. The fraction of sp³-hybridized carbons (Fsp3) is 0.154. The molecule has 0 unspecified atom stereocenters. The Labute approximate surface area is 120 Å². The van der Waals surface area contributed by atoms with Crippen LogP contribution in [0.25, 0.3) is 0 Å². The summed E-state index contributed by atoms with van der Waals surface area (Å²) in [5, 5.41) is 1.60. The molecule has 0 aliphatic rings. The summed E-state index contributed by atoms with van der Waals surface area (Å²) in [5.41, 5.74) is 1.76. The highest BCUT2D eigenvalue weighted by atomic mass is 35.5. The van der Waals surface area contributed by atoms with Gasteiger partial charge in [0.15, 0.2) is 0 Å². The minimum absolute atomic E-state index is 0.339. The first-order chi connectivity index (χ1) is 8.56. The zero-order valence-electron chi connectivity index (χ0n) is 9.58. The van der Waals surface area contributed by atoms with E-state index in [2.05, 4.69) is 4.98 Å². The molecule has 0 saturated heterocycles. The molecule has 0 radical (unpaired) electrons. The van der Waals surface area contributed by atoms with Crippen LogP contribution in [0.5, 0.6) is 5.75 Å². The number of hydrogen-bond donors (Lipinski definition) is 0. The van der Waals surface area contributed by atoms with Crippen molar-refractivity contribution in [3.05, 3.63) is 56.8 Å². The zero-order valence-corrected chi connectivity index (χ0v) is 11.9. The first-order valence-corrected chi connectivity index (χ1v) is 6.38. The Hall–Kier alpha value is -0.960. The predicted molar refractivity (Wildman–Crippen MR) is 74.8 cm³/mol. The number of hydrogen-bond acceptors (Lipinski definition) is 2. The molecule has 5 heteroatoms. The van der Waals surface area contributed by atoms with Crippen molar-refractivity contribution in [3.8, 4) is 5.75 Å². The van der Waals surface area contributed by atoms with Gasteiger partial charge in [-0.05, 0) is 36.8 Å². The van der Waals surface area contributed by atoms with Crippen LogP contribution >= 0.6 is 34.8 Å². The van der Waals surface area contributed by atoms with Crippen molar-refractivity contribution >= 4 is 34.8 Å². The summed E-state index contributed by atoms with van der Waals surface area (Å²) in [4.78, 5) is 3.97. The molecule has 0 N–H and O–H groups in total. The minimum atomic E-state index is 0.339. The maximum Gasteiger partial charge on any atom is 0.130 e. The summed E-state index contributed by atoms with van der Waals surface area (Å²) >= 11 is 17.6. The monoisotopic (exact) mass is 301 g/mol. The van der Waals surface area contributed by atoms with E-state index >= 15 is 0 Å². The van der Waals surface area contributed by atoms with Crippen molar-refractivity contribution in [2.45, 2.75) is 13.5 Å². The molecule has 18 heavy (non-hydrogen) atoms. The molecule has 1 heterocycles. The van der Waals surface area contributed by atoms with E-state index in [0.29, 0.717) is 21.8 Å². The maximum absolute atomic E-state index is 6.04. The smallest absolute Gasteiger partial charge is 0.130 e. The highest BCUT2D eigenvalue weighted by Crippen LogP contribution is 2.24. The van der Waals surface area contributed by atoms with Gasteiger partial charge in [0, 0.05) is 16.8 Å². The van der Waals surface area contributed by atoms with E-state index in [1.54, 1.807) is 18.3 Å². The first kappa shape index (κ1) is 13.5. The van der Waals surface area contributed by atoms with E-state index in [1.807, 2.05) is 19.1 Å². The van der Waals surface area contributed by atoms with E-state index in [0.717, 1.165) is 16.9 Å². The number of pyridine rings is 1. The summed E-state index contributed by atoms with van der Waals surface area (Å²) < 4.78 is 5.67. The fourth-order valence-corrected chi connectivity index (χ4v) is 2.12. The Kier molecular flexibility index (Phi) is 4.33. The highest BCUT2D eigenvalue weighted by Gasteiger charge is 2.05. The highest BCUT2D eigenvalue weighted by molar-refractivity contribution is 6.34. The van der Waals surface area contributed by atoms with Crippen molar-refractivity contribution in [2.75, 3.05) is 0 Å². The lowest BCUT2D eigenvalue weighted by molar-refractivity contribution is 0.304. The van der Waals surface area contributed by atoms with Gasteiger partial charge in [-0.3, -0.25) is 0 Å². The molecule has 0 saturated carbocycles. The number of ether oxygens (including phenoxy) is 1. The number of halogens is 3. The summed E-state index contributed by atoms with van der Waals surface area (Å²) in [7, 11) is 0. The molecule has 2 rings (SSSR count). The van der Waals surface area contributed by atoms with E-state index in [-0.39, 0.29) is 0 Å². The van der Waals surface area contributed by atoms with Gasteiger partial charge in [0.25, 0.3) is 0 Å². The molecule has 0 amide bonds. The number of aryl methyl sites for hydroxylation is 1. The number of benzene rings is 1. The molecule has 2 nitrogen and oxygen atoms in total. The number of aromatic nitrogens is 1. The molecule has 1 aromatic carbocycles. The van der Waals surface area contributed by atoms with Crippen LogP contribution in [0.2, 0.25) is 15.2 Å². The summed E-state index contributed by atoms with van der Waals surface area (Å²) in [6.07, 6.45) is 1.61. The molecule has 0 spiro atoms. The van der Waals surface area contributed by atoms with Crippen LogP contribution < -0.4 is 4.74 Å². The van der Waals surface area contributed by atoms with Crippen LogP contribution in [0.1, 0.15) is 11.1 Å². The van der Waals surface area contributed by atoms with Gasteiger partial charge in [-0.15, -0.1) is 0 Å². The molecule has 94 valence electrons. The van der Waals surface area contributed by atoms with Gasteiger partial charge in [-0.25, -0.2) is 4.98 Å². The van der Waals surface area contributed by atoms with Gasteiger partial charge in [-0.1, -0.05) is 34.8 Å². The second-order valence-electron chi connectivity index (χ2n) is 3.80.